The van der Waals surface area contributed by atoms with E-state index in [1.807, 2.05) is 36.4 Å². The highest BCUT2D eigenvalue weighted by Crippen LogP contribution is 2.40. The second-order valence-corrected chi connectivity index (χ2v) is 9.18. The highest BCUT2D eigenvalue weighted by molar-refractivity contribution is 7.21. The molecule has 4 aromatic rings. The third-order valence-corrected chi connectivity index (χ3v) is 7.10. The number of benzene rings is 3. The van der Waals surface area contributed by atoms with Crippen molar-refractivity contribution < 1.29 is 14.6 Å². The van der Waals surface area contributed by atoms with Crippen LogP contribution in [0.1, 0.15) is 18.1 Å². The predicted octanol–water partition coefficient (Wildman–Crippen LogP) is 5.50. The van der Waals surface area contributed by atoms with Gasteiger partial charge >= 0.3 is 0 Å². The summed E-state index contributed by atoms with van der Waals surface area (Å²) in [6.45, 7) is 4.27. The van der Waals surface area contributed by atoms with Gasteiger partial charge in [-0.05, 0) is 49.2 Å². The zero-order valence-corrected chi connectivity index (χ0v) is 19.1. The minimum Gasteiger partial charge on any atom is -0.504 e. The first kappa shape index (κ1) is 20.8. The molecule has 0 spiro atoms. The summed E-state index contributed by atoms with van der Waals surface area (Å²) in [7, 11) is 1.71. The maximum absolute atomic E-state index is 10.7. The van der Waals surface area contributed by atoms with E-state index in [0.717, 1.165) is 45.1 Å². The van der Waals surface area contributed by atoms with Crippen LogP contribution in [-0.2, 0) is 13.0 Å². The Morgan fingerprint density at radius 1 is 1.16 bits per heavy atom. The quantitative estimate of drug-likeness (QED) is 0.439. The molecule has 6 heteroatoms. The number of phenols is 1. The smallest absolute Gasteiger partial charge is 0.165 e. The SMILES string of the molecule is COc1ccccc1C[C@H](C)N1CCOc2c(O)cc(-c3nc4ccccc4s3)cc2C1. The molecule has 0 bridgehead atoms. The van der Waals surface area contributed by atoms with E-state index in [0.29, 0.717) is 18.9 Å². The van der Waals surface area contributed by atoms with Crippen LogP contribution in [0.15, 0.2) is 60.7 Å². The second kappa shape index (κ2) is 8.81. The first-order chi connectivity index (χ1) is 15.6. The first-order valence-corrected chi connectivity index (χ1v) is 11.6. The van der Waals surface area contributed by atoms with Crippen molar-refractivity contribution in [2.24, 2.45) is 0 Å². The standard InChI is InChI=1S/C26H26N2O3S/c1-17(13-18-7-3-5-9-23(18)30-2)28-11-12-31-25-20(16-28)14-19(15-22(25)29)26-27-21-8-4-6-10-24(21)32-26/h3-10,14-15,17,29H,11-13,16H2,1-2H3/t17-/m0/s1. The van der Waals surface area contributed by atoms with E-state index in [4.69, 9.17) is 14.5 Å². The highest BCUT2D eigenvalue weighted by atomic mass is 32.1. The van der Waals surface area contributed by atoms with Crippen LogP contribution in [0.2, 0.25) is 0 Å². The van der Waals surface area contributed by atoms with Gasteiger partial charge in [0, 0.05) is 30.3 Å². The fourth-order valence-corrected chi connectivity index (χ4v) is 5.29. The van der Waals surface area contributed by atoms with Gasteiger partial charge in [0.25, 0.3) is 0 Å². The number of fused-ring (bicyclic) bond motifs is 2. The van der Waals surface area contributed by atoms with Crippen LogP contribution < -0.4 is 9.47 Å². The molecule has 3 aromatic carbocycles. The summed E-state index contributed by atoms with van der Waals surface area (Å²) in [5.41, 5.74) is 4.08. The van der Waals surface area contributed by atoms with Gasteiger partial charge in [0.1, 0.15) is 17.4 Å². The lowest BCUT2D eigenvalue weighted by atomic mass is 10.0. The molecular weight excluding hydrogens is 420 g/mol. The number of hydrogen-bond donors (Lipinski definition) is 1. The van der Waals surface area contributed by atoms with Crippen LogP contribution in [0.5, 0.6) is 17.2 Å². The summed E-state index contributed by atoms with van der Waals surface area (Å²) < 4.78 is 12.6. The second-order valence-electron chi connectivity index (χ2n) is 8.15. The topological polar surface area (TPSA) is 54.8 Å². The molecule has 1 aliphatic heterocycles. The first-order valence-electron chi connectivity index (χ1n) is 10.8. The molecule has 0 saturated heterocycles. The van der Waals surface area contributed by atoms with E-state index < -0.39 is 0 Å². The van der Waals surface area contributed by atoms with Crippen LogP contribution in [0.25, 0.3) is 20.8 Å². The van der Waals surface area contributed by atoms with Gasteiger partial charge < -0.3 is 14.6 Å². The van der Waals surface area contributed by atoms with Crippen molar-refractivity contribution in [3.63, 3.8) is 0 Å². The number of hydrogen-bond acceptors (Lipinski definition) is 6. The van der Waals surface area contributed by atoms with Gasteiger partial charge in [-0.3, -0.25) is 4.90 Å². The highest BCUT2D eigenvalue weighted by Gasteiger charge is 2.24. The number of ether oxygens (including phenoxy) is 2. The van der Waals surface area contributed by atoms with E-state index in [2.05, 4.69) is 30.0 Å². The Morgan fingerprint density at radius 2 is 1.97 bits per heavy atom. The van der Waals surface area contributed by atoms with E-state index in [1.54, 1.807) is 24.5 Å². The van der Waals surface area contributed by atoms with Gasteiger partial charge in [0.05, 0.1) is 17.3 Å². The largest absolute Gasteiger partial charge is 0.504 e. The minimum absolute atomic E-state index is 0.177. The predicted molar refractivity (Wildman–Crippen MR) is 129 cm³/mol. The van der Waals surface area contributed by atoms with Crippen molar-refractivity contribution in [2.45, 2.75) is 25.9 Å². The molecule has 0 aliphatic carbocycles. The van der Waals surface area contributed by atoms with Crippen molar-refractivity contribution in [3.05, 3.63) is 71.8 Å². The Kier molecular flexibility index (Phi) is 5.72. The molecule has 0 radical (unpaired) electrons. The Labute approximate surface area is 191 Å². The fraction of sp³-hybridized carbons (Fsp3) is 0.269. The average molecular weight is 447 g/mol. The van der Waals surface area contributed by atoms with E-state index in [1.165, 1.54) is 5.56 Å². The van der Waals surface area contributed by atoms with Crippen LogP contribution in [0.3, 0.4) is 0 Å². The molecule has 0 fully saturated rings. The number of nitrogens with zero attached hydrogens (tertiary/aromatic N) is 2. The van der Waals surface area contributed by atoms with E-state index in [-0.39, 0.29) is 11.8 Å². The molecule has 164 valence electrons. The number of aromatic nitrogens is 1. The van der Waals surface area contributed by atoms with Crippen LogP contribution in [0, 0.1) is 0 Å². The number of para-hydroxylation sites is 2. The molecule has 0 saturated carbocycles. The number of thiazole rings is 1. The maximum Gasteiger partial charge on any atom is 0.165 e. The Bertz CT molecular complexity index is 1220. The Morgan fingerprint density at radius 3 is 2.81 bits per heavy atom. The molecular formula is C26H26N2O3S. The summed E-state index contributed by atoms with van der Waals surface area (Å²) >= 11 is 1.64. The fourth-order valence-electron chi connectivity index (χ4n) is 4.33. The molecule has 32 heavy (non-hydrogen) atoms. The average Bonchev–Trinajstić information content (AvgIpc) is 3.12. The van der Waals surface area contributed by atoms with Crippen LogP contribution in [0.4, 0.5) is 0 Å². The van der Waals surface area contributed by atoms with Crippen molar-refractivity contribution in [3.8, 4) is 27.8 Å². The molecule has 2 heterocycles. The maximum atomic E-state index is 10.7. The van der Waals surface area contributed by atoms with Crippen molar-refractivity contribution in [1.29, 1.82) is 0 Å². The molecule has 1 aliphatic rings. The van der Waals surface area contributed by atoms with Crippen LogP contribution in [-0.4, -0.2) is 41.3 Å². The third kappa shape index (κ3) is 4.04. The van der Waals surface area contributed by atoms with E-state index in [9.17, 15) is 5.11 Å². The number of methoxy groups -OCH3 is 1. The van der Waals surface area contributed by atoms with Gasteiger partial charge in [-0.2, -0.15) is 0 Å². The molecule has 1 aromatic heterocycles. The van der Waals surface area contributed by atoms with Crippen molar-refractivity contribution in [2.75, 3.05) is 20.3 Å². The molecule has 1 atom stereocenters. The number of aromatic hydroxyl groups is 1. The summed E-state index contributed by atoms with van der Waals surface area (Å²) in [5, 5.41) is 11.6. The van der Waals surface area contributed by atoms with Crippen molar-refractivity contribution >= 4 is 21.6 Å². The van der Waals surface area contributed by atoms with Gasteiger partial charge in [0.2, 0.25) is 0 Å². The van der Waals surface area contributed by atoms with Gasteiger partial charge in [-0.25, -0.2) is 4.98 Å². The molecule has 0 amide bonds. The summed E-state index contributed by atoms with van der Waals surface area (Å²) in [6.07, 6.45) is 0.878. The lowest BCUT2D eigenvalue weighted by Crippen LogP contribution is -2.35. The van der Waals surface area contributed by atoms with Gasteiger partial charge in [0.15, 0.2) is 11.5 Å². The Hall–Kier alpha value is -3.09. The van der Waals surface area contributed by atoms with Gasteiger partial charge in [-0.15, -0.1) is 11.3 Å². The molecule has 0 unspecified atom stereocenters. The monoisotopic (exact) mass is 446 g/mol. The lowest BCUT2D eigenvalue weighted by Gasteiger charge is -2.27. The summed E-state index contributed by atoms with van der Waals surface area (Å²) in [6, 6.07) is 20.4. The zero-order valence-electron chi connectivity index (χ0n) is 18.2. The normalized spacial score (nSPS) is 15.1. The number of phenolic OH excluding ortho intramolecular Hbond substituents is 1. The lowest BCUT2D eigenvalue weighted by molar-refractivity contribution is 0.176. The molecule has 5 nitrogen and oxygen atoms in total. The van der Waals surface area contributed by atoms with E-state index >= 15 is 0 Å². The van der Waals surface area contributed by atoms with Crippen molar-refractivity contribution in [1.82, 2.24) is 9.88 Å². The van der Waals surface area contributed by atoms with Gasteiger partial charge in [-0.1, -0.05) is 30.3 Å². The summed E-state index contributed by atoms with van der Waals surface area (Å²) in [4.78, 5) is 7.17. The number of rotatable bonds is 5. The zero-order chi connectivity index (χ0) is 22.1. The van der Waals surface area contributed by atoms with Crippen LogP contribution >= 0.6 is 11.3 Å². The minimum atomic E-state index is 0.177. The summed E-state index contributed by atoms with van der Waals surface area (Å²) in [5.74, 6) is 1.68. The molecule has 5 rings (SSSR count). The molecule has 1 N–H and O–H groups in total. The third-order valence-electron chi connectivity index (χ3n) is 6.02. The Balaban J connectivity index is 1.43.